The monoisotopic (exact) mass is 470 g/mol. The Morgan fingerprint density at radius 3 is 2.68 bits per heavy atom. The van der Waals surface area contributed by atoms with Crippen LogP contribution in [0.5, 0.6) is 5.75 Å². The zero-order valence-corrected chi connectivity index (χ0v) is 19.6. The van der Waals surface area contributed by atoms with E-state index in [2.05, 4.69) is 10.3 Å². The first kappa shape index (κ1) is 21.8. The largest absolute Gasteiger partial charge is 0.482 e. The van der Waals surface area contributed by atoms with Gasteiger partial charge in [0, 0.05) is 22.8 Å². The van der Waals surface area contributed by atoms with Gasteiger partial charge in [-0.2, -0.15) is 0 Å². The molecule has 2 aromatic heterocycles. The molecule has 0 saturated heterocycles. The van der Waals surface area contributed by atoms with Gasteiger partial charge in [-0.1, -0.05) is 12.1 Å². The molecule has 0 bridgehead atoms. The molecular formula is C26H22N4O3S. The molecule has 0 saturated carbocycles. The molecule has 0 unspecified atom stereocenters. The lowest BCUT2D eigenvalue weighted by Gasteiger charge is -2.29. The number of benzene rings is 2. The van der Waals surface area contributed by atoms with E-state index in [4.69, 9.17) is 9.72 Å². The summed E-state index contributed by atoms with van der Waals surface area (Å²) in [5, 5.41) is 5.66. The number of ether oxygens (including phenoxy) is 1. The molecule has 34 heavy (non-hydrogen) atoms. The predicted octanol–water partition coefficient (Wildman–Crippen LogP) is 4.85. The fraction of sp³-hybridized carbons (Fsp3) is 0.154. The molecule has 2 aromatic carbocycles. The second-order valence-corrected chi connectivity index (χ2v) is 8.99. The summed E-state index contributed by atoms with van der Waals surface area (Å²) in [5.41, 5.74) is 5.78. The molecule has 7 nitrogen and oxygen atoms in total. The average molecular weight is 471 g/mol. The Kier molecular flexibility index (Phi) is 5.81. The van der Waals surface area contributed by atoms with Gasteiger partial charge in [-0.3, -0.25) is 19.5 Å². The van der Waals surface area contributed by atoms with E-state index in [0.29, 0.717) is 17.1 Å². The number of anilines is 2. The second-order valence-electron chi connectivity index (χ2n) is 8.13. The lowest BCUT2D eigenvalue weighted by Crippen LogP contribution is -2.43. The van der Waals surface area contributed by atoms with Crippen LogP contribution in [0.3, 0.4) is 0 Å². The van der Waals surface area contributed by atoms with Gasteiger partial charge in [0.15, 0.2) is 6.61 Å². The minimum atomic E-state index is -0.275. The van der Waals surface area contributed by atoms with Crippen LogP contribution in [0, 0.1) is 13.8 Å². The molecule has 1 aliphatic heterocycles. The van der Waals surface area contributed by atoms with E-state index in [0.717, 1.165) is 33.1 Å². The van der Waals surface area contributed by atoms with Crippen molar-refractivity contribution in [3.8, 4) is 27.7 Å². The van der Waals surface area contributed by atoms with Gasteiger partial charge >= 0.3 is 0 Å². The lowest BCUT2D eigenvalue weighted by molar-refractivity contribution is -0.123. The molecule has 170 valence electrons. The molecule has 0 fully saturated rings. The molecule has 3 heterocycles. The quantitative estimate of drug-likeness (QED) is 0.451. The number of carbonyl (C=O) groups is 2. The molecule has 5 rings (SSSR count). The molecule has 0 spiro atoms. The highest BCUT2D eigenvalue weighted by atomic mass is 32.1. The van der Waals surface area contributed by atoms with Crippen molar-refractivity contribution in [2.24, 2.45) is 0 Å². The van der Waals surface area contributed by atoms with Gasteiger partial charge < -0.3 is 10.1 Å². The van der Waals surface area contributed by atoms with Crippen LogP contribution >= 0.6 is 11.3 Å². The first-order valence-corrected chi connectivity index (χ1v) is 11.7. The van der Waals surface area contributed by atoms with Crippen LogP contribution in [0.4, 0.5) is 11.4 Å². The summed E-state index contributed by atoms with van der Waals surface area (Å²) in [7, 11) is 0. The Bertz CT molecular complexity index is 1360. The molecular weight excluding hydrogens is 448 g/mol. The van der Waals surface area contributed by atoms with E-state index in [1.54, 1.807) is 6.20 Å². The van der Waals surface area contributed by atoms with Gasteiger partial charge in [0.1, 0.15) is 17.3 Å². The summed E-state index contributed by atoms with van der Waals surface area (Å²) in [6.45, 7) is 3.74. The third kappa shape index (κ3) is 4.53. The van der Waals surface area contributed by atoms with E-state index >= 15 is 0 Å². The van der Waals surface area contributed by atoms with E-state index in [1.807, 2.05) is 73.8 Å². The Morgan fingerprint density at radius 1 is 1.09 bits per heavy atom. The SMILES string of the molecule is Cc1cc(C)cc(NC(=O)CN2C(=O)COc3ccc(-c4csc(-c5ccccn5)n4)cc32)c1. The smallest absolute Gasteiger partial charge is 0.265 e. The van der Waals surface area contributed by atoms with Crippen LogP contribution in [0.2, 0.25) is 0 Å². The van der Waals surface area contributed by atoms with E-state index in [-0.39, 0.29) is 25.0 Å². The number of nitrogens with zero attached hydrogens (tertiary/aromatic N) is 3. The Balaban J connectivity index is 1.40. The van der Waals surface area contributed by atoms with Crippen LogP contribution in [-0.2, 0) is 9.59 Å². The maximum Gasteiger partial charge on any atom is 0.265 e. The Hall–Kier alpha value is -4.04. The van der Waals surface area contributed by atoms with Crippen molar-refractivity contribution in [2.75, 3.05) is 23.4 Å². The van der Waals surface area contributed by atoms with Gasteiger partial charge in [-0.05, 0) is 67.4 Å². The maximum absolute atomic E-state index is 12.8. The first-order chi connectivity index (χ1) is 16.5. The molecule has 0 radical (unpaired) electrons. The standard InChI is InChI=1S/C26H22N4O3S/c1-16-9-17(2)11-19(10-16)28-24(31)13-30-22-12-18(6-7-23(22)33-14-25(30)32)21-15-34-26(29-21)20-5-3-4-8-27-20/h3-12,15H,13-14H2,1-2H3,(H,28,31). The highest BCUT2D eigenvalue weighted by molar-refractivity contribution is 7.13. The summed E-state index contributed by atoms with van der Waals surface area (Å²) in [6, 6.07) is 17.1. The number of hydrogen-bond acceptors (Lipinski definition) is 6. The van der Waals surface area contributed by atoms with Crippen molar-refractivity contribution in [1.29, 1.82) is 0 Å². The number of fused-ring (bicyclic) bond motifs is 1. The molecule has 0 aliphatic carbocycles. The van der Waals surface area contributed by atoms with Gasteiger partial charge in [0.25, 0.3) is 5.91 Å². The fourth-order valence-corrected chi connectivity index (χ4v) is 4.74. The molecule has 1 aliphatic rings. The zero-order chi connectivity index (χ0) is 23.7. The average Bonchev–Trinajstić information content (AvgIpc) is 3.31. The normalized spacial score (nSPS) is 12.8. The van der Waals surface area contributed by atoms with Gasteiger partial charge in [-0.15, -0.1) is 11.3 Å². The minimum Gasteiger partial charge on any atom is -0.482 e. The van der Waals surface area contributed by atoms with Crippen molar-refractivity contribution < 1.29 is 14.3 Å². The van der Waals surface area contributed by atoms with Crippen molar-refractivity contribution in [2.45, 2.75) is 13.8 Å². The maximum atomic E-state index is 12.8. The number of hydrogen-bond donors (Lipinski definition) is 1. The number of amides is 2. The van der Waals surface area contributed by atoms with Crippen molar-refractivity contribution in [3.63, 3.8) is 0 Å². The summed E-state index contributed by atoms with van der Waals surface area (Å²) >= 11 is 1.50. The van der Waals surface area contributed by atoms with Crippen LogP contribution in [-0.4, -0.2) is 34.9 Å². The third-order valence-electron chi connectivity index (χ3n) is 5.39. The van der Waals surface area contributed by atoms with E-state index in [1.165, 1.54) is 16.2 Å². The number of thiazole rings is 1. The zero-order valence-electron chi connectivity index (χ0n) is 18.7. The fourth-order valence-electron chi connectivity index (χ4n) is 3.94. The van der Waals surface area contributed by atoms with Crippen LogP contribution in [0.15, 0.2) is 66.2 Å². The van der Waals surface area contributed by atoms with Crippen molar-refractivity contribution in [3.05, 3.63) is 77.3 Å². The highest BCUT2D eigenvalue weighted by Crippen LogP contribution is 2.37. The van der Waals surface area contributed by atoms with E-state index in [9.17, 15) is 9.59 Å². The first-order valence-electron chi connectivity index (χ1n) is 10.8. The minimum absolute atomic E-state index is 0.107. The molecule has 1 N–H and O–H groups in total. The van der Waals surface area contributed by atoms with Crippen molar-refractivity contribution in [1.82, 2.24) is 9.97 Å². The highest BCUT2D eigenvalue weighted by Gasteiger charge is 2.28. The van der Waals surface area contributed by atoms with Crippen LogP contribution in [0.1, 0.15) is 11.1 Å². The summed E-state index contributed by atoms with van der Waals surface area (Å²) in [5.74, 6) is 0.0121. The van der Waals surface area contributed by atoms with Crippen LogP contribution < -0.4 is 15.0 Å². The molecule has 2 amide bonds. The Labute approximate surface area is 201 Å². The Morgan fingerprint density at radius 2 is 1.91 bits per heavy atom. The second kappa shape index (κ2) is 9.07. The van der Waals surface area contributed by atoms with Gasteiger partial charge in [-0.25, -0.2) is 4.98 Å². The molecule has 8 heteroatoms. The number of carbonyl (C=O) groups excluding carboxylic acids is 2. The van der Waals surface area contributed by atoms with Crippen LogP contribution in [0.25, 0.3) is 22.0 Å². The van der Waals surface area contributed by atoms with Crippen molar-refractivity contribution >= 4 is 34.5 Å². The molecule has 4 aromatic rings. The summed E-state index contributed by atoms with van der Waals surface area (Å²) < 4.78 is 5.61. The number of aromatic nitrogens is 2. The summed E-state index contributed by atoms with van der Waals surface area (Å²) in [6.07, 6.45) is 1.74. The number of rotatable bonds is 5. The third-order valence-corrected chi connectivity index (χ3v) is 6.26. The molecule has 0 atom stereocenters. The lowest BCUT2D eigenvalue weighted by atomic mass is 10.1. The number of pyridine rings is 1. The summed E-state index contributed by atoms with van der Waals surface area (Å²) in [4.78, 5) is 36.0. The number of nitrogens with one attached hydrogen (secondary N) is 1. The van der Waals surface area contributed by atoms with E-state index < -0.39 is 0 Å². The van der Waals surface area contributed by atoms with Gasteiger partial charge in [0.2, 0.25) is 5.91 Å². The number of aryl methyl sites for hydroxylation is 2. The van der Waals surface area contributed by atoms with Gasteiger partial charge in [0.05, 0.1) is 17.1 Å². The topological polar surface area (TPSA) is 84.4 Å². The predicted molar refractivity (Wildman–Crippen MR) is 133 cm³/mol.